The Morgan fingerprint density at radius 2 is 1.80 bits per heavy atom. The minimum Gasteiger partial charge on any atom is -0.428 e. The van der Waals surface area contributed by atoms with Crippen molar-refractivity contribution in [3.8, 4) is 0 Å². The number of aryl methyl sites for hydroxylation is 1. The van der Waals surface area contributed by atoms with Gasteiger partial charge in [-0.1, -0.05) is 41.7 Å². The van der Waals surface area contributed by atoms with E-state index in [0.29, 0.717) is 5.06 Å². The van der Waals surface area contributed by atoms with Gasteiger partial charge in [-0.15, -0.1) is 0 Å². The van der Waals surface area contributed by atoms with Gasteiger partial charge in [-0.3, -0.25) is 14.4 Å². The predicted octanol–water partition coefficient (Wildman–Crippen LogP) is 2.69. The summed E-state index contributed by atoms with van der Waals surface area (Å²) in [5.74, 6) is -2.02. The van der Waals surface area contributed by atoms with Crippen LogP contribution in [0.5, 0.6) is 0 Å². The zero-order valence-electron chi connectivity index (χ0n) is 16.8. The highest BCUT2D eigenvalue weighted by Crippen LogP contribution is 2.28. The number of carbonyl (C=O) groups is 3. The van der Waals surface area contributed by atoms with Gasteiger partial charge in [0, 0.05) is 29.7 Å². The van der Waals surface area contributed by atoms with Crippen LogP contribution in [0.2, 0.25) is 0 Å². The quantitative estimate of drug-likeness (QED) is 0.198. The summed E-state index contributed by atoms with van der Waals surface area (Å²) in [6.45, 7) is 4.74. The lowest BCUT2D eigenvalue weighted by Crippen LogP contribution is -2.43. The first-order chi connectivity index (χ1) is 14.0. The summed E-state index contributed by atoms with van der Waals surface area (Å²) in [6, 6.07) is 6.13. The second-order valence-electron chi connectivity index (χ2n) is 7.50. The van der Waals surface area contributed by atoms with Crippen LogP contribution in [-0.2, 0) is 29.0 Å². The van der Waals surface area contributed by atoms with Crippen molar-refractivity contribution in [3.63, 3.8) is 0 Å². The molecular weight excluding hydrogens is 416 g/mol. The van der Waals surface area contributed by atoms with Gasteiger partial charge in [0.2, 0.25) is 0 Å². The number of rotatable bonds is 8. The highest BCUT2D eigenvalue weighted by molar-refractivity contribution is 7.91. The van der Waals surface area contributed by atoms with Gasteiger partial charge in [0.05, 0.1) is 10.6 Å². The van der Waals surface area contributed by atoms with E-state index in [-0.39, 0.29) is 24.3 Å². The number of hydrogen-bond acceptors (Lipinski definition) is 8. The first-order valence-corrected chi connectivity index (χ1v) is 10.7. The lowest BCUT2D eigenvalue weighted by Gasteiger charge is -2.32. The third kappa shape index (κ3) is 5.71. The molecule has 1 aromatic carbocycles. The van der Waals surface area contributed by atoms with E-state index in [0.717, 1.165) is 5.56 Å². The molecule has 1 aliphatic heterocycles. The number of amides is 2. The smallest absolute Gasteiger partial charge is 0.428 e. The number of imide groups is 1. The molecule has 11 nitrogen and oxygen atoms in total. The molecule has 1 atom stereocenters. The van der Waals surface area contributed by atoms with Gasteiger partial charge in [-0.05, 0) is 24.6 Å². The van der Waals surface area contributed by atoms with Crippen molar-refractivity contribution in [3.05, 3.63) is 40.3 Å². The minimum absolute atomic E-state index is 0.0274. The van der Waals surface area contributed by atoms with Crippen LogP contribution in [0.1, 0.15) is 32.3 Å². The van der Waals surface area contributed by atoms with E-state index in [1.54, 1.807) is 26.0 Å². The van der Waals surface area contributed by atoms with E-state index < -0.39 is 45.1 Å². The Balaban J connectivity index is 2.24. The Kier molecular flexibility index (Phi) is 7.06. The van der Waals surface area contributed by atoms with Gasteiger partial charge >= 0.3 is 6.16 Å². The van der Waals surface area contributed by atoms with E-state index in [4.69, 9.17) is 10.3 Å². The molecule has 2 amide bonds. The predicted molar refractivity (Wildman–Crippen MR) is 103 cm³/mol. The van der Waals surface area contributed by atoms with E-state index in [2.05, 4.69) is 14.9 Å². The number of sulfone groups is 1. The van der Waals surface area contributed by atoms with Crippen molar-refractivity contribution in [2.24, 2.45) is 10.5 Å². The van der Waals surface area contributed by atoms with Crippen molar-refractivity contribution in [1.29, 1.82) is 0 Å². The first-order valence-electron chi connectivity index (χ1n) is 9.01. The SMILES string of the molecule is Cc1ccc(S(=O)(=O)CC(OC(=O)ON2C(=O)CCC2=O)C(C)(C)CN=[N+]=[N-])cc1. The number of benzene rings is 1. The van der Waals surface area contributed by atoms with Crippen LogP contribution in [-0.4, -0.2) is 49.9 Å². The second kappa shape index (κ2) is 9.14. The van der Waals surface area contributed by atoms with Crippen molar-refractivity contribution < 1.29 is 32.4 Å². The maximum Gasteiger partial charge on any atom is 0.534 e. The van der Waals surface area contributed by atoms with Crippen LogP contribution in [0.15, 0.2) is 34.3 Å². The molecule has 1 fully saturated rings. The summed E-state index contributed by atoms with van der Waals surface area (Å²) >= 11 is 0. The van der Waals surface area contributed by atoms with E-state index in [1.807, 2.05) is 6.92 Å². The topological polar surface area (TPSA) is 156 Å². The number of hydrogen-bond donors (Lipinski definition) is 0. The number of nitrogens with zero attached hydrogens (tertiary/aromatic N) is 4. The van der Waals surface area contributed by atoms with Crippen LogP contribution in [0.3, 0.4) is 0 Å². The van der Waals surface area contributed by atoms with Crippen molar-refractivity contribution in [2.75, 3.05) is 12.3 Å². The molecular formula is C18H22N4O7S. The molecule has 1 unspecified atom stereocenters. The van der Waals surface area contributed by atoms with Crippen molar-refractivity contribution in [2.45, 2.75) is 44.6 Å². The average molecular weight is 438 g/mol. The Morgan fingerprint density at radius 3 is 2.33 bits per heavy atom. The van der Waals surface area contributed by atoms with Crippen LogP contribution in [0.4, 0.5) is 4.79 Å². The normalized spacial score (nSPS) is 15.5. The maximum atomic E-state index is 12.9. The molecule has 1 heterocycles. The molecule has 162 valence electrons. The Labute approximate surface area is 173 Å². The molecule has 0 N–H and O–H groups in total. The maximum absolute atomic E-state index is 12.9. The average Bonchev–Trinajstić information content (AvgIpc) is 2.98. The lowest BCUT2D eigenvalue weighted by molar-refractivity contribution is -0.179. The highest BCUT2D eigenvalue weighted by atomic mass is 32.2. The van der Waals surface area contributed by atoms with Gasteiger partial charge in [-0.2, -0.15) is 0 Å². The van der Waals surface area contributed by atoms with Crippen LogP contribution in [0, 0.1) is 12.3 Å². The molecule has 2 rings (SSSR count). The monoisotopic (exact) mass is 438 g/mol. The van der Waals surface area contributed by atoms with Crippen LogP contribution >= 0.6 is 0 Å². The molecule has 12 heteroatoms. The van der Waals surface area contributed by atoms with Gasteiger partial charge in [0.15, 0.2) is 9.84 Å². The summed E-state index contributed by atoms with van der Waals surface area (Å²) in [5.41, 5.74) is 8.38. The largest absolute Gasteiger partial charge is 0.534 e. The van der Waals surface area contributed by atoms with Crippen LogP contribution < -0.4 is 0 Å². The number of azide groups is 1. The van der Waals surface area contributed by atoms with Gasteiger partial charge < -0.3 is 4.74 Å². The summed E-state index contributed by atoms with van der Waals surface area (Å²) < 4.78 is 30.9. The molecule has 0 radical (unpaired) electrons. The fourth-order valence-electron chi connectivity index (χ4n) is 2.65. The summed E-state index contributed by atoms with van der Waals surface area (Å²) in [5, 5.41) is 3.75. The molecule has 0 bridgehead atoms. The zero-order chi connectivity index (χ0) is 22.5. The van der Waals surface area contributed by atoms with Gasteiger partial charge in [-0.25, -0.2) is 13.2 Å². The summed E-state index contributed by atoms with van der Waals surface area (Å²) in [4.78, 5) is 42.8. The molecule has 0 saturated carbocycles. The fourth-order valence-corrected chi connectivity index (χ4v) is 4.31. The standard InChI is InChI=1S/C18H22N4O7S/c1-12-4-6-13(7-5-12)30(26,27)10-14(18(2,3)11-20-21-19)28-17(25)29-22-15(23)8-9-16(22)24/h4-7,14H,8-11H2,1-3H3. The second-order valence-corrected chi connectivity index (χ2v) is 9.54. The molecule has 1 aromatic rings. The van der Waals surface area contributed by atoms with Crippen LogP contribution in [0.25, 0.3) is 10.4 Å². The summed E-state index contributed by atoms with van der Waals surface area (Å²) in [6.07, 6.45) is -2.90. The lowest BCUT2D eigenvalue weighted by atomic mass is 9.87. The van der Waals surface area contributed by atoms with E-state index >= 15 is 0 Å². The zero-order valence-corrected chi connectivity index (χ0v) is 17.6. The number of carbonyl (C=O) groups excluding carboxylic acids is 3. The van der Waals surface area contributed by atoms with Gasteiger partial charge in [0.25, 0.3) is 11.8 Å². The molecule has 1 saturated heterocycles. The highest BCUT2D eigenvalue weighted by Gasteiger charge is 2.39. The fraction of sp³-hybridized carbons (Fsp3) is 0.500. The Morgan fingerprint density at radius 1 is 1.23 bits per heavy atom. The number of ether oxygens (including phenoxy) is 1. The minimum atomic E-state index is -3.89. The van der Waals surface area contributed by atoms with Gasteiger partial charge in [0.1, 0.15) is 6.10 Å². The van der Waals surface area contributed by atoms with Crippen molar-refractivity contribution in [1.82, 2.24) is 5.06 Å². The van der Waals surface area contributed by atoms with E-state index in [1.165, 1.54) is 12.1 Å². The third-order valence-electron chi connectivity index (χ3n) is 4.57. The first kappa shape index (κ1) is 23.2. The molecule has 0 aliphatic carbocycles. The molecule has 0 spiro atoms. The van der Waals surface area contributed by atoms with E-state index in [9.17, 15) is 22.8 Å². The molecule has 1 aliphatic rings. The Hall–Kier alpha value is -3.11. The van der Waals surface area contributed by atoms with Crippen molar-refractivity contribution >= 4 is 27.8 Å². The third-order valence-corrected chi connectivity index (χ3v) is 6.31. The molecule has 30 heavy (non-hydrogen) atoms. The Bertz CT molecular complexity index is 966. The number of hydroxylamine groups is 2. The summed E-state index contributed by atoms with van der Waals surface area (Å²) in [7, 11) is -3.89. The molecule has 0 aromatic heterocycles.